The minimum atomic E-state index is -4.49. The van der Waals surface area contributed by atoms with E-state index in [2.05, 4.69) is 0 Å². The Morgan fingerprint density at radius 1 is 1.11 bits per heavy atom. The van der Waals surface area contributed by atoms with Crippen LogP contribution in [0.3, 0.4) is 0 Å². The van der Waals surface area contributed by atoms with Crippen molar-refractivity contribution in [3.8, 4) is 0 Å². The summed E-state index contributed by atoms with van der Waals surface area (Å²) in [5, 5.41) is 0. The van der Waals surface area contributed by atoms with E-state index in [1.165, 1.54) is 6.07 Å². The molecule has 0 spiro atoms. The Bertz CT molecular complexity index is 382. The molecular weight excluding hydrogens is 244 g/mol. The Hall–Kier alpha value is -1.06. The highest BCUT2D eigenvalue weighted by atomic mass is 19.4. The monoisotopic (exact) mass is 262 g/mol. The molecular formula is C14H18F4. The smallest absolute Gasteiger partial charge is 0.207 e. The molecule has 0 aromatic heterocycles. The van der Waals surface area contributed by atoms with E-state index >= 15 is 0 Å². The van der Waals surface area contributed by atoms with Crippen molar-refractivity contribution in [1.29, 1.82) is 0 Å². The highest BCUT2D eigenvalue weighted by Gasteiger charge is 2.31. The molecule has 0 aliphatic heterocycles. The molecule has 0 amide bonds. The maximum atomic E-state index is 13.3. The zero-order valence-corrected chi connectivity index (χ0v) is 10.6. The summed E-state index contributed by atoms with van der Waals surface area (Å²) in [6.45, 7) is 3.94. The first-order valence-electron chi connectivity index (χ1n) is 6.26. The lowest BCUT2D eigenvalue weighted by atomic mass is 9.90. The maximum absolute atomic E-state index is 13.3. The Morgan fingerprint density at radius 3 is 2.28 bits per heavy atom. The third-order valence-corrected chi connectivity index (χ3v) is 3.12. The van der Waals surface area contributed by atoms with E-state index in [1.54, 1.807) is 0 Å². The van der Waals surface area contributed by atoms with E-state index in [4.69, 9.17) is 0 Å². The first-order valence-corrected chi connectivity index (χ1v) is 6.26. The average Bonchev–Trinajstić information content (AvgIpc) is 2.28. The third-order valence-electron chi connectivity index (χ3n) is 3.12. The van der Waals surface area contributed by atoms with Crippen LogP contribution in [0.1, 0.15) is 56.6 Å². The normalized spacial score (nSPS) is 13.7. The molecule has 18 heavy (non-hydrogen) atoms. The van der Waals surface area contributed by atoms with Crippen LogP contribution in [0.5, 0.6) is 0 Å². The number of hydrogen-bond acceptors (Lipinski definition) is 0. The fourth-order valence-electron chi connectivity index (χ4n) is 2.07. The Morgan fingerprint density at radius 2 is 1.78 bits per heavy atom. The van der Waals surface area contributed by atoms with Crippen LogP contribution in [-0.4, -0.2) is 0 Å². The number of rotatable bonds is 5. The molecule has 1 aromatic carbocycles. The summed E-state index contributed by atoms with van der Waals surface area (Å²) in [6.07, 6.45) is -1.04. The van der Waals surface area contributed by atoms with Gasteiger partial charge in [-0.05, 0) is 42.5 Å². The van der Waals surface area contributed by atoms with Crippen LogP contribution in [-0.2, 0) is 6.18 Å². The summed E-state index contributed by atoms with van der Waals surface area (Å²) in [5.41, 5.74) is -0.439. The van der Waals surface area contributed by atoms with Gasteiger partial charge in [-0.25, -0.2) is 4.39 Å². The molecule has 0 radical (unpaired) electrons. The van der Waals surface area contributed by atoms with Crippen molar-refractivity contribution in [1.82, 2.24) is 0 Å². The molecule has 1 unspecified atom stereocenters. The second-order valence-corrected chi connectivity index (χ2v) is 4.52. The summed E-state index contributed by atoms with van der Waals surface area (Å²) in [7, 11) is 0. The summed E-state index contributed by atoms with van der Waals surface area (Å²) >= 11 is 0. The van der Waals surface area contributed by atoms with Crippen LogP contribution in [0.2, 0.25) is 0 Å². The van der Waals surface area contributed by atoms with Crippen molar-refractivity contribution in [2.24, 2.45) is 0 Å². The largest absolute Gasteiger partial charge is 0.416 e. The predicted octanol–water partition coefficient (Wildman–Crippen LogP) is 5.53. The van der Waals surface area contributed by atoms with Gasteiger partial charge in [0.2, 0.25) is 0 Å². The number of halogens is 4. The van der Waals surface area contributed by atoms with Crippen molar-refractivity contribution in [2.75, 3.05) is 0 Å². The first-order chi connectivity index (χ1) is 8.38. The number of benzene rings is 1. The van der Waals surface area contributed by atoms with Gasteiger partial charge in [0.1, 0.15) is 5.82 Å². The lowest BCUT2D eigenvalue weighted by molar-refractivity contribution is -0.137. The number of unbranched alkanes of at least 4 members (excludes halogenated alkanes) is 1. The van der Waals surface area contributed by atoms with Crippen molar-refractivity contribution in [3.63, 3.8) is 0 Å². The van der Waals surface area contributed by atoms with Crippen LogP contribution in [0.25, 0.3) is 0 Å². The molecule has 1 rings (SSSR count). The molecule has 1 aromatic rings. The van der Waals surface area contributed by atoms with Crippen LogP contribution in [0.4, 0.5) is 17.6 Å². The van der Waals surface area contributed by atoms with Gasteiger partial charge in [-0.15, -0.1) is 0 Å². The van der Waals surface area contributed by atoms with E-state index in [0.29, 0.717) is 11.6 Å². The van der Waals surface area contributed by atoms with Crippen molar-refractivity contribution < 1.29 is 17.6 Å². The van der Waals surface area contributed by atoms with E-state index in [0.717, 1.165) is 31.7 Å². The van der Waals surface area contributed by atoms with Gasteiger partial charge in [-0.2, -0.15) is 13.2 Å². The molecule has 4 heteroatoms. The first kappa shape index (κ1) is 15.0. The van der Waals surface area contributed by atoms with E-state index in [-0.39, 0.29) is 5.92 Å². The zero-order chi connectivity index (χ0) is 13.8. The van der Waals surface area contributed by atoms with Crippen LogP contribution < -0.4 is 0 Å². The summed E-state index contributed by atoms with van der Waals surface area (Å²) in [4.78, 5) is 0. The third kappa shape index (κ3) is 4.00. The molecule has 102 valence electrons. The highest BCUT2D eigenvalue weighted by Crippen LogP contribution is 2.34. The van der Waals surface area contributed by atoms with Crippen LogP contribution in [0.15, 0.2) is 18.2 Å². The fourth-order valence-corrected chi connectivity index (χ4v) is 2.07. The standard InChI is InChI=1S/C14H18F4/c1-3-5-6-10(4-2)11-7-12(14(16,17)18)9-13(15)8-11/h7-10H,3-6H2,1-2H3. The van der Waals surface area contributed by atoms with E-state index in [9.17, 15) is 17.6 Å². The van der Waals surface area contributed by atoms with Crippen molar-refractivity contribution in [2.45, 2.75) is 51.6 Å². The molecule has 1 atom stereocenters. The van der Waals surface area contributed by atoms with Gasteiger partial charge in [0, 0.05) is 0 Å². The fraction of sp³-hybridized carbons (Fsp3) is 0.571. The number of alkyl halides is 3. The summed E-state index contributed by atoms with van der Waals surface area (Å²) in [6, 6.07) is 2.85. The predicted molar refractivity (Wildman–Crippen MR) is 64.0 cm³/mol. The Balaban J connectivity index is 3.04. The minimum absolute atomic E-state index is 0.00162. The van der Waals surface area contributed by atoms with Gasteiger partial charge in [0.15, 0.2) is 0 Å². The van der Waals surface area contributed by atoms with Gasteiger partial charge < -0.3 is 0 Å². The Labute approximate surface area is 105 Å². The van der Waals surface area contributed by atoms with Gasteiger partial charge >= 0.3 is 6.18 Å². The molecule has 0 saturated heterocycles. The highest BCUT2D eigenvalue weighted by molar-refractivity contribution is 5.29. The topological polar surface area (TPSA) is 0 Å². The SMILES string of the molecule is CCCCC(CC)c1cc(F)cc(C(F)(F)F)c1. The maximum Gasteiger partial charge on any atom is 0.416 e. The molecule has 0 heterocycles. The lowest BCUT2D eigenvalue weighted by Gasteiger charge is -2.17. The van der Waals surface area contributed by atoms with E-state index < -0.39 is 17.6 Å². The minimum Gasteiger partial charge on any atom is -0.207 e. The van der Waals surface area contributed by atoms with Crippen molar-refractivity contribution >= 4 is 0 Å². The second kappa shape index (κ2) is 6.21. The van der Waals surface area contributed by atoms with Gasteiger partial charge in [0.05, 0.1) is 5.56 Å². The number of hydrogen-bond donors (Lipinski definition) is 0. The lowest BCUT2D eigenvalue weighted by Crippen LogP contribution is -2.08. The zero-order valence-electron chi connectivity index (χ0n) is 10.6. The van der Waals surface area contributed by atoms with Crippen LogP contribution >= 0.6 is 0 Å². The molecule has 0 N–H and O–H groups in total. The molecule has 0 aliphatic rings. The molecule has 0 nitrogen and oxygen atoms in total. The van der Waals surface area contributed by atoms with Gasteiger partial charge in [-0.1, -0.05) is 26.7 Å². The quantitative estimate of drug-likeness (QED) is 0.612. The summed E-state index contributed by atoms with van der Waals surface area (Å²) in [5.74, 6) is -0.809. The summed E-state index contributed by atoms with van der Waals surface area (Å²) < 4.78 is 51.1. The Kier molecular flexibility index (Phi) is 5.17. The molecule has 0 bridgehead atoms. The van der Waals surface area contributed by atoms with Gasteiger partial charge in [-0.3, -0.25) is 0 Å². The van der Waals surface area contributed by atoms with E-state index in [1.807, 2.05) is 13.8 Å². The van der Waals surface area contributed by atoms with Crippen LogP contribution in [0, 0.1) is 5.82 Å². The van der Waals surface area contributed by atoms with Gasteiger partial charge in [0.25, 0.3) is 0 Å². The molecule has 0 saturated carbocycles. The second-order valence-electron chi connectivity index (χ2n) is 4.52. The average molecular weight is 262 g/mol. The molecule has 0 fully saturated rings. The van der Waals surface area contributed by atoms with Crippen molar-refractivity contribution in [3.05, 3.63) is 35.1 Å². The molecule has 0 aliphatic carbocycles.